The molecule has 7 rings (SSSR count). The van der Waals surface area contributed by atoms with E-state index >= 15 is 0 Å². The molecule has 0 atom stereocenters. The Hall–Kier alpha value is -5.36. The van der Waals surface area contributed by atoms with Crippen LogP contribution in [0.25, 0.3) is 44.4 Å². The fraction of sp³-hybridized carbons (Fsp3) is 0.135. The van der Waals surface area contributed by atoms with Gasteiger partial charge in [-0.2, -0.15) is 5.10 Å². The fourth-order valence-corrected chi connectivity index (χ4v) is 6.05. The Kier molecular flexibility index (Phi) is 6.47. The van der Waals surface area contributed by atoms with Crippen molar-refractivity contribution in [2.45, 2.75) is 27.7 Å². The quantitative estimate of drug-likeness (QED) is 0.202. The number of ether oxygens (including phenoxy) is 2. The summed E-state index contributed by atoms with van der Waals surface area (Å²) in [6, 6.07) is 29.1. The van der Waals surface area contributed by atoms with Gasteiger partial charge in [0, 0.05) is 40.9 Å². The highest BCUT2D eigenvalue weighted by molar-refractivity contribution is 6.09. The summed E-state index contributed by atoms with van der Waals surface area (Å²) < 4.78 is 16.1. The number of fused-ring (bicyclic) bond motifs is 3. The van der Waals surface area contributed by atoms with E-state index in [2.05, 4.69) is 99.1 Å². The van der Waals surface area contributed by atoms with Crippen molar-refractivity contribution in [2.75, 3.05) is 7.11 Å². The lowest BCUT2D eigenvalue weighted by molar-refractivity contribution is 0.414. The van der Waals surface area contributed by atoms with Gasteiger partial charge in [0.2, 0.25) is 0 Å². The van der Waals surface area contributed by atoms with E-state index in [1.165, 1.54) is 10.9 Å². The molecule has 0 aliphatic carbocycles. The average molecular weight is 565 g/mol. The van der Waals surface area contributed by atoms with E-state index in [9.17, 15) is 0 Å². The van der Waals surface area contributed by atoms with E-state index in [4.69, 9.17) is 19.6 Å². The maximum Gasteiger partial charge on any atom is 0.137 e. The van der Waals surface area contributed by atoms with Crippen molar-refractivity contribution in [1.82, 2.24) is 19.3 Å². The monoisotopic (exact) mass is 564 g/mol. The highest BCUT2D eigenvalue weighted by Gasteiger charge is 2.15. The molecule has 0 amide bonds. The summed E-state index contributed by atoms with van der Waals surface area (Å²) in [5.74, 6) is 3.25. The van der Waals surface area contributed by atoms with Crippen molar-refractivity contribution in [2.24, 2.45) is 0 Å². The third-order valence-electron chi connectivity index (χ3n) is 7.92. The van der Waals surface area contributed by atoms with Crippen LogP contribution in [0.4, 0.5) is 0 Å². The van der Waals surface area contributed by atoms with Gasteiger partial charge in [-0.25, -0.2) is 9.67 Å². The Morgan fingerprint density at radius 2 is 1.47 bits per heavy atom. The highest BCUT2D eigenvalue weighted by Crippen LogP contribution is 2.36. The van der Waals surface area contributed by atoms with Gasteiger partial charge < -0.3 is 9.47 Å². The molecule has 0 saturated heterocycles. The number of para-hydroxylation sites is 1. The van der Waals surface area contributed by atoms with Gasteiger partial charge in [0.05, 0.1) is 30.0 Å². The summed E-state index contributed by atoms with van der Waals surface area (Å²) in [7, 11) is 1.70. The zero-order chi connectivity index (χ0) is 29.7. The Balaban J connectivity index is 1.26. The van der Waals surface area contributed by atoms with E-state index in [1.807, 2.05) is 41.3 Å². The van der Waals surface area contributed by atoms with E-state index in [0.717, 1.165) is 73.0 Å². The first-order valence-corrected chi connectivity index (χ1v) is 14.3. The van der Waals surface area contributed by atoms with Gasteiger partial charge in [-0.3, -0.25) is 4.57 Å². The lowest BCUT2D eigenvalue weighted by Crippen LogP contribution is -1.98. The summed E-state index contributed by atoms with van der Waals surface area (Å²) >= 11 is 0. The Labute approximate surface area is 250 Å². The molecule has 0 aliphatic heterocycles. The van der Waals surface area contributed by atoms with Crippen molar-refractivity contribution in [1.29, 1.82) is 0 Å². The predicted octanol–water partition coefficient (Wildman–Crippen LogP) is 9.07. The topological polar surface area (TPSA) is 54.1 Å². The maximum atomic E-state index is 6.51. The minimum Gasteiger partial charge on any atom is -0.497 e. The molecule has 43 heavy (non-hydrogen) atoms. The second-order valence-electron chi connectivity index (χ2n) is 11.1. The lowest BCUT2D eigenvalue weighted by Gasteiger charge is -2.12. The van der Waals surface area contributed by atoms with Crippen LogP contribution in [-0.2, 0) is 0 Å². The molecule has 6 nitrogen and oxygen atoms in total. The Morgan fingerprint density at radius 3 is 2.26 bits per heavy atom. The molecule has 4 aromatic carbocycles. The van der Waals surface area contributed by atoms with Crippen LogP contribution < -0.4 is 9.47 Å². The van der Waals surface area contributed by atoms with Gasteiger partial charge in [-0.05, 0) is 110 Å². The van der Waals surface area contributed by atoms with Crippen LogP contribution in [0, 0.1) is 27.7 Å². The second kappa shape index (κ2) is 10.5. The summed E-state index contributed by atoms with van der Waals surface area (Å²) in [6.45, 7) is 8.37. The van der Waals surface area contributed by atoms with Crippen LogP contribution in [0.2, 0.25) is 0 Å². The normalized spacial score (nSPS) is 11.4. The standard InChI is InChI=1S/C37H32N4O2/c1-23-12-13-38-36(16-23)41-34-9-7-6-8-32(34)33-11-10-29(20-35(33)41)43-31-15-24(2)14-28(19-31)40-22-27(21-39-40)37-25(3)17-30(42-5)18-26(37)4/h6-22H,1-5H3. The first-order chi connectivity index (χ1) is 20.9. The van der Waals surface area contributed by atoms with Gasteiger partial charge >= 0.3 is 0 Å². The summed E-state index contributed by atoms with van der Waals surface area (Å²) in [6.07, 6.45) is 5.84. The Bertz CT molecular complexity index is 2130. The third-order valence-corrected chi connectivity index (χ3v) is 7.92. The smallest absolute Gasteiger partial charge is 0.137 e. The van der Waals surface area contributed by atoms with E-state index in [0.29, 0.717) is 0 Å². The number of rotatable bonds is 6. The number of nitrogens with zero attached hydrogens (tertiary/aromatic N) is 4. The molecular formula is C37H32N4O2. The molecule has 0 radical (unpaired) electrons. The maximum absolute atomic E-state index is 6.51. The van der Waals surface area contributed by atoms with Gasteiger partial charge in [0.25, 0.3) is 0 Å². The first-order valence-electron chi connectivity index (χ1n) is 14.3. The van der Waals surface area contributed by atoms with Crippen LogP contribution in [0.15, 0.2) is 104 Å². The molecule has 3 heterocycles. The molecule has 7 aromatic rings. The van der Waals surface area contributed by atoms with Gasteiger partial charge in [-0.1, -0.05) is 18.2 Å². The minimum atomic E-state index is 0.750. The van der Waals surface area contributed by atoms with E-state index in [1.54, 1.807) is 7.11 Å². The summed E-state index contributed by atoms with van der Waals surface area (Å²) in [5.41, 5.74) is 9.87. The second-order valence-corrected chi connectivity index (χ2v) is 11.1. The molecule has 0 saturated carbocycles. The zero-order valence-electron chi connectivity index (χ0n) is 24.9. The molecule has 6 heteroatoms. The largest absolute Gasteiger partial charge is 0.497 e. The van der Waals surface area contributed by atoms with E-state index in [-0.39, 0.29) is 0 Å². The lowest BCUT2D eigenvalue weighted by atomic mass is 9.98. The number of benzene rings is 4. The van der Waals surface area contributed by atoms with Crippen LogP contribution in [0.5, 0.6) is 17.2 Å². The van der Waals surface area contributed by atoms with Crippen LogP contribution >= 0.6 is 0 Å². The molecule has 212 valence electrons. The SMILES string of the molecule is COc1cc(C)c(-c2cnn(-c3cc(C)cc(Oc4ccc5c6ccccc6n(-c6cc(C)ccn6)c5c4)c3)c2)c(C)c1. The van der Waals surface area contributed by atoms with E-state index < -0.39 is 0 Å². The van der Waals surface area contributed by atoms with Crippen molar-refractivity contribution in [3.63, 3.8) is 0 Å². The van der Waals surface area contributed by atoms with Crippen molar-refractivity contribution < 1.29 is 9.47 Å². The molecule has 0 spiro atoms. The first kappa shape index (κ1) is 26.5. The fourth-order valence-electron chi connectivity index (χ4n) is 6.05. The zero-order valence-corrected chi connectivity index (χ0v) is 24.9. The highest BCUT2D eigenvalue weighted by atomic mass is 16.5. The number of hydrogen-bond acceptors (Lipinski definition) is 4. The average Bonchev–Trinajstić information content (AvgIpc) is 3.59. The minimum absolute atomic E-state index is 0.750. The number of aryl methyl sites for hydroxylation is 4. The van der Waals surface area contributed by atoms with Gasteiger partial charge in [0.1, 0.15) is 23.1 Å². The van der Waals surface area contributed by atoms with Gasteiger partial charge in [0.15, 0.2) is 0 Å². The molecular weight excluding hydrogens is 532 g/mol. The van der Waals surface area contributed by atoms with Crippen molar-refractivity contribution in [3.05, 3.63) is 126 Å². The molecule has 3 aromatic heterocycles. The number of pyridine rings is 1. The number of methoxy groups -OCH3 is 1. The molecule has 0 fully saturated rings. The van der Waals surface area contributed by atoms with Crippen LogP contribution in [-0.4, -0.2) is 26.4 Å². The third kappa shape index (κ3) is 4.81. The Morgan fingerprint density at radius 1 is 0.674 bits per heavy atom. The molecule has 0 aliphatic rings. The predicted molar refractivity (Wildman–Crippen MR) is 173 cm³/mol. The van der Waals surface area contributed by atoms with Crippen molar-refractivity contribution >= 4 is 21.8 Å². The van der Waals surface area contributed by atoms with Crippen molar-refractivity contribution in [3.8, 4) is 39.9 Å². The molecule has 0 N–H and O–H groups in total. The van der Waals surface area contributed by atoms with Crippen LogP contribution in [0.3, 0.4) is 0 Å². The molecule has 0 bridgehead atoms. The molecule has 0 unspecified atom stereocenters. The summed E-state index contributed by atoms with van der Waals surface area (Å²) in [5, 5.41) is 7.05. The number of hydrogen-bond donors (Lipinski definition) is 0. The van der Waals surface area contributed by atoms with Gasteiger partial charge in [-0.15, -0.1) is 0 Å². The summed E-state index contributed by atoms with van der Waals surface area (Å²) in [4.78, 5) is 4.70. The van der Waals surface area contributed by atoms with Crippen LogP contribution in [0.1, 0.15) is 22.3 Å². The number of aromatic nitrogens is 4.